The maximum Gasteiger partial charge on any atom is 0.268 e. The van der Waals surface area contributed by atoms with Gasteiger partial charge in [0, 0.05) is 11.3 Å². The number of hydrogen-bond donors (Lipinski definition) is 3. The Morgan fingerprint density at radius 2 is 1.96 bits per heavy atom. The number of rotatable bonds is 5. The summed E-state index contributed by atoms with van der Waals surface area (Å²) < 4.78 is 0. The van der Waals surface area contributed by atoms with Crippen LogP contribution in [0.25, 0.3) is 11.0 Å². The number of amides is 1. The number of benzene rings is 1. The molecule has 0 aliphatic rings. The lowest BCUT2D eigenvalue weighted by molar-refractivity contribution is 0.0933. The molecule has 0 fully saturated rings. The van der Waals surface area contributed by atoms with Crippen molar-refractivity contribution < 1.29 is 9.59 Å². The summed E-state index contributed by atoms with van der Waals surface area (Å²) in [4.78, 5) is 35.4. The molecule has 2 heterocycles. The second-order valence-electron chi connectivity index (χ2n) is 6.22. The molecule has 0 radical (unpaired) electrons. The fraction of sp³-hybridized carbons (Fsp3) is 0.316. The van der Waals surface area contributed by atoms with E-state index in [9.17, 15) is 9.59 Å². The number of aryl methyl sites for hydroxylation is 1. The quantitative estimate of drug-likeness (QED) is 0.622. The van der Waals surface area contributed by atoms with Gasteiger partial charge in [-0.15, -0.1) is 0 Å². The largest absolute Gasteiger partial charge is 0.354 e. The predicted molar refractivity (Wildman–Crippen MR) is 96.9 cm³/mol. The lowest BCUT2D eigenvalue weighted by Crippen LogP contribution is -2.28. The number of nitrogens with zero attached hydrogens (tertiary/aromatic N) is 1. The van der Waals surface area contributed by atoms with Crippen LogP contribution in [-0.2, 0) is 6.42 Å². The number of carbonyl (C=O) groups is 2. The molecule has 6 heteroatoms. The van der Waals surface area contributed by atoms with E-state index in [0.717, 1.165) is 22.3 Å². The third-order valence-electron chi connectivity index (χ3n) is 4.39. The van der Waals surface area contributed by atoms with Gasteiger partial charge in [-0.25, -0.2) is 4.98 Å². The van der Waals surface area contributed by atoms with Gasteiger partial charge in [-0.3, -0.25) is 9.59 Å². The highest BCUT2D eigenvalue weighted by molar-refractivity contribution is 6.02. The molecule has 2 aromatic heterocycles. The maximum atomic E-state index is 12.7. The molecule has 3 N–H and O–H groups in total. The smallest absolute Gasteiger partial charge is 0.268 e. The van der Waals surface area contributed by atoms with Gasteiger partial charge in [0.1, 0.15) is 11.5 Å². The van der Waals surface area contributed by atoms with Crippen molar-refractivity contribution >= 4 is 22.7 Å². The molecule has 25 heavy (non-hydrogen) atoms. The van der Waals surface area contributed by atoms with Crippen LogP contribution in [0.1, 0.15) is 64.7 Å². The lowest BCUT2D eigenvalue weighted by Gasteiger charge is -2.11. The van der Waals surface area contributed by atoms with Crippen LogP contribution >= 0.6 is 0 Å². The average Bonchev–Trinajstić information content (AvgIpc) is 3.15. The van der Waals surface area contributed by atoms with E-state index in [-0.39, 0.29) is 17.7 Å². The van der Waals surface area contributed by atoms with Gasteiger partial charge in [0.25, 0.3) is 5.91 Å². The SMILES string of the molecule is CCc1c(C(=O)NC(C)c2nc3ccccc3[nH]2)[nH]c(C)c1C(C)=O. The van der Waals surface area contributed by atoms with Crippen LogP contribution in [0.3, 0.4) is 0 Å². The zero-order chi connectivity index (χ0) is 18.1. The number of H-pyrrole nitrogens is 2. The van der Waals surface area contributed by atoms with Crippen LogP contribution in [-0.4, -0.2) is 26.6 Å². The van der Waals surface area contributed by atoms with Crippen LogP contribution in [0.2, 0.25) is 0 Å². The Balaban J connectivity index is 1.86. The highest BCUT2D eigenvalue weighted by atomic mass is 16.2. The third-order valence-corrected chi connectivity index (χ3v) is 4.39. The summed E-state index contributed by atoms with van der Waals surface area (Å²) in [6.45, 7) is 7.15. The molecule has 3 rings (SSSR count). The molecule has 0 aliphatic heterocycles. The minimum Gasteiger partial charge on any atom is -0.354 e. The first kappa shape index (κ1) is 17.0. The number of para-hydroxylation sites is 2. The lowest BCUT2D eigenvalue weighted by atomic mass is 10.0. The molecule has 0 spiro atoms. The molecule has 130 valence electrons. The Labute approximate surface area is 146 Å². The molecule has 6 nitrogen and oxygen atoms in total. The van der Waals surface area contributed by atoms with E-state index in [1.54, 1.807) is 0 Å². The summed E-state index contributed by atoms with van der Waals surface area (Å²) in [6, 6.07) is 7.45. The number of aromatic nitrogens is 3. The average molecular weight is 338 g/mol. The van der Waals surface area contributed by atoms with Crippen LogP contribution in [0.5, 0.6) is 0 Å². The van der Waals surface area contributed by atoms with E-state index in [0.29, 0.717) is 23.5 Å². The van der Waals surface area contributed by atoms with Crippen LogP contribution in [0.15, 0.2) is 24.3 Å². The van der Waals surface area contributed by atoms with Crippen molar-refractivity contribution in [2.24, 2.45) is 0 Å². The van der Waals surface area contributed by atoms with Gasteiger partial charge in [0.2, 0.25) is 0 Å². The summed E-state index contributed by atoms with van der Waals surface area (Å²) in [5.41, 5.74) is 4.35. The number of aromatic amines is 2. The number of fused-ring (bicyclic) bond motifs is 1. The Morgan fingerprint density at radius 1 is 1.24 bits per heavy atom. The number of ketones is 1. The van der Waals surface area contributed by atoms with Crippen molar-refractivity contribution in [1.82, 2.24) is 20.3 Å². The molecule has 1 atom stereocenters. The minimum absolute atomic E-state index is 0.0324. The van der Waals surface area contributed by atoms with Crippen molar-refractivity contribution in [2.45, 2.75) is 40.2 Å². The summed E-state index contributed by atoms with van der Waals surface area (Å²) in [6.07, 6.45) is 0.612. The molecule has 1 unspecified atom stereocenters. The van der Waals surface area contributed by atoms with Gasteiger partial charge in [-0.2, -0.15) is 0 Å². The molecule has 3 aromatic rings. The highest BCUT2D eigenvalue weighted by Crippen LogP contribution is 2.22. The Bertz CT molecular complexity index is 919. The van der Waals surface area contributed by atoms with Crippen molar-refractivity contribution in [3.63, 3.8) is 0 Å². The summed E-state index contributed by atoms with van der Waals surface area (Å²) in [5, 5.41) is 2.95. The second kappa shape index (κ2) is 6.55. The Hall–Kier alpha value is -2.89. The molecular weight excluding hydrogens is 316 g/mol. The van der Waals surface area contributed by atoms with E-state index in [4.69, 9.17) is 0 Å². The topological polar surface area (TPSA) is 90.6 Å². The fourth-order valence-electron chi connectivity index (χ4n) is 3.22. The first-order valence-electron chi connectivity index (χ1n) is 8.40. The molecular formula is C19H22N4O2. The van der Waals surface area contributed by atoms with Gasteiger partial charge in [0.05, 0.1) is 17.1 Å². The van der Waals surface area contributed by atoms with Crippen molar-refractivity contribution in [3.05, 3.63) is 52.6 Å². The van der Waals surface area contributed by atoms with E-state index in [1.165, 1.54) is 6.92 Å². The molecule has 1 aromatic carbocycles. The number of carbonyl (C=O) groups excluding carboxylic acids is 2. The van der Waals surface area contributed by atoms with E-state index in [1.807, 2.05) is 45.0 Å². The molecule has 0 saturated carbocycles. The first-order valence-corrected chi connectivity index (χ1v) is 8.40. The van der Waals surface area contributed by atoms with E-state index < -0.39 is 0 Å². The van der Waals surface area contributed by atoms with Gasteiger partial charge < -0.3 is 15.3 Å². The van der Waals surface area contributed by atoms with E-state index in [2.05, 4.69) is 20.3 Å². The number of nitrogens with one attached hydrogen (secondary N) is 3. The van der Waals surface area contributed by atoms with Crippen LogP contribution in [0.4, 0.5) is 0 Å². The molecule has 0 saturated heterocycles. The van der Waals surface area contributed by atoms with Crippen molar-refractivity contribution in [1.29, 1.82) is 0 Å². The highest BCUT2D eigenvalue weighted by Gasteiger charge is 2.23. The number of hydrogen-bond acceptors (Lipinski definition) is 3. The summed E-state index contributed by atoms with van der Waals surface area (Å²) >= 11 is 0. The van der Waals surface area contributed by atoms with Crippen molar-refractivity contribution in [2.75, 3.05) is 0 Å². The Kier molecular flexibility index (Phi) is 4.44. The number of imidazole rings is 1. The van der Waals surface area contributed by atoms with E-state index >= 15 is 0 Å². The van der Waals surface area contributed by atoms with Crippen LogP contribution < -0.4 is 5.32 Å². The van der Waals surface area contributed by atoms with Gasteiger partial charge in [0.15, 0.2) is 5.78 Å². The fourth-order valence-corrected chi connectivity index (χ4v) is 3.22. The molecule has 0 aliphatic carbocycles. The normalized spacial score (nSPS) is 12.3. The maximum absolute atomic E-state index is 12.7. The van der Waals surface area contributed by atoms with Gasteiger partial charge >= 0.3 is 0 Å². The second-order valence-corrected chi connectivity index (χ2v) is 6.22. The molecule has 1 amide bonds. The zero-order valence-corrected chi connectivity index (χ0v) is 14.9. The number of Topliss-reactive ketones (excluding diaryl/α,β-unsaturated/α-hetero) is 1. The summed E-state index contributed by atoms with van der Waals surface area (Å²) in [7, 11) is 0. The zero-order valence-electron chi connectivity index (χ0n) is 14.9. The predicted octanol–water partition coefficient (Wildman–Crippen LogP) is 3.46. The van der Waals surface area contributed by atoms with Gasteiger partial charge in [-0.1, -0.05) is 19.1 Å². The third kappa shape index (κ3) is 3.07. The minimum atomic E-state index is -0.283. The van der Waals surface area contributed by atoms with Gasteiger partial charge in [-0.05, 0) is 44.9 Å². The van der Waals surface area contributed by atoms with Crippen molar-refractivity contribution in [3.8, 4) is 0 Å². The monoisotopic (exact) mass is 338 g/mol. The Morgan fingerprint density at radius 3 is 2.60 bits per heavy atom. The standard InChI is InChI=1S/C19H22N4O2/c1-5-13-16(12(4)24)10(2)20-17(13)19(25)21-11(3)18-22-14-8-6-7-9-15(14)23-18/h6-9,11,20H,5H2,1-4H3,(H,21,25)(H,22,23). The first-order chi connectivity index (χ1) is 11.9. The molecule has 0 bridgehead atoms. The summed E-state index contributed by atoms with van der Waals surface area (Å²) in [5.74, 6) is 0.429. The van der Waals surface area contributed by atoms with Crippen LogP contribution in [0, 0.1) is 6.92 Å².